The normalized spacial score (nSPS) is 13.2. The Labute approximate surface area is 157 Å². The highest BCUT2D eigenvalue weighted by atomic mass is 16.6. The first-order valence-electron chi connectivity index (χ1n) is 9.15. The van der Waals surface area contributed by atoms with E-state index in [0.29, 0.717) is 19.3 Å². The van der Waals surface area contributed by atoms with Crippen LogP contribution in [0.5, 0.6) is 0 Å². The molecule has 0 spiro atoms. The molecule has 0 aromatic carbocycles. The Morgan fingerprint density at radius 3 is 1.88 bits per heavy atom. The Kier molecular flexibility index (Phi) is 17.0. The molecule has 0 aromatic heterocycles. The first-order chi connectivity index (χ1) is 12.7. The van der Waals surface area contributed by atoms with Gasteiger partial charge in [-0.2, -0.15) is 0 Å². The van der Waals surface area contributed by atoms with Crippen LogP contribution in [-0.4, -0.2) is 11.2 Å². The summed E-state index contributed by atoms with van der Waals surface area (Å²) in [6.45, 7) is 2.01. The Bertz CT molecular complexity index is 552. The number of rotatable bonds is 15. The Morgan fingerprint density at radius 2 is 1.38 bits per heavy atom. The monoisotopic (exact) mass is 356 g/mol. The molecule has 4 heteroatoms. The molecule has 0 bridgehead atoms. The number of nitro groups is 1. The van der Waals surface area contributed by atoms with Gasteiger partial charge in [0.05, 0.1) is 11.3 Å². The van der Waals surface area contributed by atoms with Gasteiger partial charge in [-0.15, -0.1) is 0 Å². The summed E-state index contributed by atoms with van der Waals surface area (Å²) in [4.78, 5) is 20.6. The van der Waals surface area contributed by atoms with Gasteiger partial charge in [0.1, 0.15) is 0 Å². The first-order valence-corrected chi connectivity index (χ1v) is 9.15. The number of hydrogen-bond acceptors (Lipinski definition) is 3. The van der Waals surface area contributed by atoms with E-state index >= 15 is 0 Å². The second-order valence-corrected chi connectivity index (χ2v) is 5.55. The average Bonchev–Trinajstić information content (AvgIpc) is 2.63. The standard InChI is InChI=1S/C22H30NO3/c1-2-3-16-19-22(23(25)26)20-17-14-12-10-8-6-4-5-7-9-11-13-15-18-21-24/h3,5-8,11-14,16,20H,2,4,9-10,15,17-19H2,1H3/b7-5+,8-6+,13-11+,14-12+,16-3+,22-20-. The number of unbranched alkanes of at least 4 members (excludes halogenated alkanes) is 1. The SMILES string of the molecule is CC/C=C/C/C(=C/C/C=C/C/C=C/C/C=C/C/C=C/CC[C]=O)[N+](=O)[O-]. The van der Waals surface area contributed by atoms with Crippen LogP contribution < -0.4 is 0 Å². The van der Waals surface area contributed by atoms with Gasteiger partial charge < -0.3 is 0 Å². The molecule has 0 amide bonds. The predicted octanol–water partition coefficient (Wildman–Crippen LogP) is 6.18. The van der Waals surface area contributed by atoms with E-state index in [1.54, 1.807) is 6.08 Å². The van der Waals surface area contributed by atoms with Gasteiger partial charge in [-0.25, -0.2) is 0 Å². The van der Waals surface area contributed by atoms with Gasteiger partial charge in [-0.3, -0.25) is 14.9 Å². The second-order valence-electron chi connectivity index (χ2n) is 5.55. The lowest BCUT2D eigenvalue weighted by Crippen LogP contribution is -1.97. The van der Waals surface area contributed by atoms with Gasteiger partial charge in [0, 0.05) is 6.42 Å². The Hall–Kier alpha value is -2.49. The molecule has 0 heterocycles. The lowest BCUT2D eigenvalue weighted by atomic mass is 10.2. The zero-order valence-electron chi connectivity index (χ0n) is 15.7. The molecule has 0 atom stereocenters. The summed E-state index contributed by atoms with van der Waals surface area (Å²) in [6, 6.07) is 0. The topological polar surface area (TPSA) is 60.2 Å². The van der Waals surface area contributed by atoms with Crippen LogP contribution in [0.3, 0.4) is 0 Å². The fourth-order valence-electron chi connectivity index (χ4n) is 1.98. The fourth-order valence-corrected chi connectivity index (χ4v) is 1.98. The van der Waals surface area contributed by atoms with Gasteiger partial charge in [0.25, 0.3) is 0 Å². The molecule has 0 unspecified atom stereocenters. The lowest BCUT2D eigenvalue weighted by Gasteiger charge is -1.93. The predicted molar refractivity (Wildman–Crippen MR) is 109 cm³/mol. The summed E-state index contributed by atoms with van der Waals surface area (Å²) in [5.74, 6) is 0. The molecule has 0 aromatic rings. The molecule has 1 radical (unpaired) electrons. The van der Waals surface area contributed by atoms with Crippen molar-refractivity contribution in [3.8, 4) is 0 Å². The van der Waals surface area contributed by atoms with Crippen LogP contribution in [0.4, 0.5) is 0 Å². The highest BCUT2D eigenvalue weighted by Crippen LogP contribution is 2.06. The van der Waals surface area contributed by atoms with E-state index in [2.05, 4.69) is 24.3 Å². The maximum absolute atomic E-state index is 10.9. The summed E-state index contributed by atoms with van der Waals surface area (Å²) >= 11 is 0. The molecule has 0 aliphatic rings. The third-order valence-corrected chi connectivity index (χ3v) is 3.35. The Balaban J connectivity index is 3.90. The molecule has 0 saturated heterocycles. The third kappa shape index (κ3) is 16.4. The highest BCUT2D eigenvalue weighted by molar-refractivity contribution is 5.50. The van der Waals surface area contributed by atoms with Crippen LogP contribution >= 0.6 is 0 Å². The molecular weight excluding hydrogens is 326 g/mol. The van der Waals surface area contributed by atoms with Crippen LogP contribution in [0.15, 0.2) is 72.5 Å². The van der Waals surface area contributed by atoms with Crippen LogP contribution in [0.1, 0.15) is 58.3 Å². The molecule has 0 fully saturated rings. The molecule has 0 N–H and O–H groups in total. The van der Waals surface area contributed by atoms with Crippen molar-refractivity contribution < 1.29 is 9.72 Å². The largest absolute Gasteiger partial charge is 0.291 e. The van der Waals surface area contributed by atoms with E-state index in [9.17, 15) is 14.9 Å². The van der Waals surface area contributed by atoms with E-state index in [4.69, 9.17) is 0 Å². The van der Waals surface area contributed by atoms with Gasteiger partial charge in [0.15, 0.2) is 6.29 Å². The van der Waals surface area contributed by atoms with Gasteiger partial charge in [-0.1, -0.05) is 67.7 Å². The van der Waals surface area contributed by atoms with Crippen molar-refractivity contribution in [1.82, 2.24) is 0 Å². The summed E-state index contributed by atoms with van der Waals surface area (Å²) in [7, 11) is 0. The fraction of sp³-hybridized carbons (Fsp3) is 0.409. The quantitative estimate of drug-likeness (QED) is 0.152. The number of nitrogens with zero attached hydrogens (tertiary/aromatic N) is 1. The number of carbonyl (C=O) groups excluding carboxylic acids is 1. The van der Waals surface area contributed by atoms with Gasteiger partial charge >= 0.3 is 0 Å². The van der Waals surface area contributed by atoms with E-state index < -0.39 is 0 Å². The zero-order chi connectivity index (χ0) is 19.3. The first kappa shape index (κ1) is 23.5. The van der Waals surface area contributed by atoms with Crippen molar-refractivity contribution >= 4 is 6.29 Å². The minimum absolute atomic E-state index is 0.248. The van der Waals surface area contributed by atoms with Crippen LogP contribution in [0.2, 0.25) is 0 Å². The minimum atomic E-state index is -0.310. The van der Waals surface area contributed by atoms with Crippen molar-refractivity contribution in [2.75, 3.05) is 0 Å². The van der Waals surface area contributed by atoms with Crippen molar-refractivity contribution in [3.63, 3.8) is 0 Å². The molecule has 0 aliphatic heterocycles. The summed E-state index contributed by atoms with van der Waals surface area (Å²) in [5, 5.41) is 10.9. The minimum Gasteiger partial charge on any atom is -0.291 e. The van der Waals surface area contributed by atoms with Crippen molar-refractivity contribution in [1.29, 1.82) is 0 Å². The van der Waals surface area contributed by atoms with Gasteiger partial charge in [0.2, 0.25) is 5.70 Å². The molecule has 0 rings (SSSR count). The molecule has 0 aliphatic carbocycles. The molecular formula is C22H30NO3. The highest BCUT2D eigenvalue weighted by Gasteiger charge is 2.05. The van der Waals surface area contributed by atoms with Crippen LogP contribution in [-0.2, 0) is 4.79 Å². The number of allylic oxidation sites excluding steroid dienone is 11. The van der Waals surface area contributed by atoms with Crippen molar-refractivity contribution in [2.45, 2.75) is 58.3 Å². The lowest BCUT2D eigenvalue weighted by molar-refractivity contribution is -0.427. The van der Waals surface area contributed by atoms with Crippen molar-refractivity contribution in [3.05, 3.63) is 82.6 Å². The smallest absolute Gasteiger partial charge is 0.246 e. The van der Waals surface area contributed by atoms with E-state index in [-0.39, 0.29) is 10.6 Å². The van der Waals surface area contributed by atoms with Crippen LogP contribution in [0, 0.1) is 10.1 Å². The van der Waals surface area contributed by atoms with Crippen molar-refractivity contribution in [2.24, 2.45) is 0 Å². The van der Waals surface area contributed by atoms with E-state index in [0.717, 1.165) is 32.1 Å². The molecule has 141 valence electrons. The van der Waals surface area contributed by atoms with E-state index in [1.165, 1.54) is 0 Å². The second kappa shape index (κ2) is 18.8. The maximum atomic E-state index is 10.9. The molecule has 26 heavy (non-hydrogen) atoms. The van der Waals surface area contributed by atoms with E-state index in [1.807, 2.05) is 49.7 Å². The van der Waals surface area contributed by atoms with Crippen LogP contribution in [0.25, 0.3) is 0 Å². The summed E-state index contributed by atoms with van der Waals surface area (Å²) in [6.07, 6.45) is 29.4. The molecule has 0 saturated carbocycles. The Morgan fingerprint density at radius 1 is 0.846 bits per heavy atom. The maximum Gasteiger partial charge on any atom is 0.246 e. The third-order valence-electron chi connectivity index (χ3n) is 3.35. The molecule has 4 nitrogen and oxygen atoms in total. The summed E-state index contributed by atoms with van der Waals surface area (Å²) in [5.41, 5.74) is 0.248. The van der Waals surface area contributed by atoms with Gasteiger partial charge in [-0.05, 0) is 44.6 Å². The zero-order valence-corrected chi connectivity index (χ0v) is 15.7. The average molecular weight is 356 g/mol. The number of hydrogen-bond donors (Lipinski definition) is 0. The summed E-state index contributed by atoms with van der Waals surface area (Å²) < 4.78 is 0.